The third kappa shape index (κ3) is 2.21. The lowest BCUT2D eigenvalue weighted by molar-refractivity contribution is 0.318. The number of nitrogens with zero attached hydrogens (tertiary/aromatic N) is 4. The number of rotatable bonds is 2. The predicted molar refractivity (Wildman–Crippen MR) is 63.6 cm³/mol. The summed E-state index contributed by atoms with van der Waals surface area (Å²) in [6.07, 6.45) is 1.65. The monoisotopic (exact) mass is 251 g/mol. The van der Waals surface area contributed by atoms with E-state index >= 15 is 0 Å². The largest absolute Gasteiger partial charge is 0.409 e. The van der Waals surface area contributed by atoms with Crippen LogP contribution in [-0.4, -0.2) is 25.8 Å². The molecule has 2 rings (SSSR count). The number of hydrogen-bond acceptors (Lipinski definition) is 4. The third-order valence-corrected chi connectivity index (χ3v) is 2.55. The van der Waals surface area contributed by atoms with Gasteiger partial charge in [0.25, 0.3) is 0 Å². The maximum absolute atomic E-state index is 8.58. The summed E-state index contributed by atoms with van der Waals surface area (Å²) in [7, 11) is 0. The Morgan fingerprint density at radius 2 is 2.29 bits per heavy atom. The first-order valence-corrected chi connectivity index (χ1v) is 5.16. The van der Waals surface area contributed by atoms with Crippen LogP contribution in [0.5, 0.6) is 0 Å². The summed E-state index contributed by atoms with van der Waals surface area (Å²) in [5.74, 6) is 0.492. The van der Waals surface area contributed by atoms with Gasteiger partial charge in [0, 0.05) is 0 Å². The van der Waals surface area contributed by atoms with Gasteiger partial charge in [-0.25, -0.2) is 9.67 Å². The zero-order chi connectivity index (χ0) is 12.4. The number of aromatic nitrogens is 3. The minimum atomic E-state index is -0.0539. The van der Waals surface area contributed by atoms with E-state index in [1.54, 1.807) is 31.3 Å². The number of nitrogens with two attached hydrogens (primary N) is 1. The molecule has 2 aromatic rings. The summed E-state index contributed by atoms with van der Waals surface area (Å²) < 4.78 is 1.53. The highest BCUT2D eigenvalue weighted by Crippen LogP contribution is 2.15. The maximum Gasteiger partial charge on any atom is 0.188 e. The van der Waals surface area contributed by atoms with E-state index in [2.05, 4.69) is 15.2 Å². The topological polar surface area (TPSA) is 89.3 Å². The first kappa shape index (κ1) is 11.4. The standard InChI is InChI=1S/C10H10ClN5O/c1-6-7(11)5-16(14-6)9-4-2-3-8(13-9)10(12)15-17/h2-5,17H,1H3,(H2,12,15). The van der Waals surface area contributed by atoms with Crippen molar-refractivity contribution in [3.8, 4) is 5.82 Å². The molecule has 0 fully saturated rings. The Balaban J connectivity index is 2.46. The van der Waals surface area contributed by atoms with Crippen molar-refractivity contribution in [2.75, 3.05) is 0 Å². The second-order valence-electron chi connectivity index (χ2n) is 3.37. The van der Waals surface area contributed by atoms with Crippen molar-refractivity contribution in [2.45, 2.75) is 6.92 Å². The second-order valence-corrected chi connectivity index (χ2v) is 3.78. The third-order valence-electron chi connectivity index (χ3n) is 2.18. The summed E-state index contributed by atoms with van der Waals surface area (Å²) in [5, 5.41) is 16.2. The van der Waals surface area contributed by atoms with Gasteiger partial charge in [0.05, 0.1) is 16.9 Å². The number of hydrogen-bond donors (Lipinski definition) is 2. The molecular formula is C10H10ClN5O. The first-order chi connectivity index (χ1) is 8.11. The molecule has 2 aromatic heterocycles. The number of pyridine rings is 1. The first-order valence-electron chi connectivity index (χ1n) is 4.79. The van der Waals surface area contributed by atoms with E-state index in [1.807, 2.05) is 0 Å². The molecule has 0 aliphatic rings. The van der Waals surface area contributed by atoms with Gasteiger partial charge >= 0.3 is 0 Å². The SMILES string of the molecule is Cc1nn(-c2cccc(C(N)=NO)n2)cc1Cl. The summed E-state index contributed by atoms with van der Waals surface area (Å²) in [5.41, 5.74) is 6.54. The van der Waals surface area contributed by atoms with Crippen LogP contribution in [0, 0.1) is 6.92 Å². The van der Waals surface area contributed by atoms with Crippen LogP contribution in [0.4, 0.5) is 0 Å². The molecule has 0 amide bonds. The minimum absolute atomic E-state index is 0.0539. The Kier molecular flexibility index (Phi) is 2.97. The van der Waals surface area contributed by atoms with E-state index in [9.17, 15) is 0 Å². The molecule has 0 aliphatic carbocycles. The molecule has 0 aromatic carbocycles. The Bertz CT molecular complexity index is 558. The lowest BCUT2D eigenvalue weighted by Crippen LogP contribution is -2.16. The van der Waals surface area contributed by atoms with Crippen LogP contribution >= 0.6 is 11.6 Å². The molecule has 0 unspecified atom stereocenters. The molecule has 3 N–H and O–H groups in total. The number of amidine groups is 1. The van der Waals surface area contributed by atoms with Gasteiger partial charge in [-0.1, -0.05) is 22.8 Å². The fraction of sp³-hybridized carbons (Fsp3) is 0.100. The van der Waals surface area contributed by atoms with Crippen LogP contribution in [0.3, 0.4) is 0 Å². The molecule has 0 spiro atoms. The highest BCUT2D eigenvalue weighted by molar-refractivity contribution is 6.31. The van der Waals surface area contributed by atoms with Gasteiger partial charge in [0.2, 0.25) is 0 Å². The predicted octanol–water partition coefficient (Wildman–Crippen LogP) is 1.32. The molecule has 7 heteroatoms. The van der Waals surface area contributed by atoms with E-state index in [0.717, 1.165) is 0 Å². The van der Waals surface area contributed by atoms with Crippen molar-refractivity contribution < 1.29 is 5.21 Å². The molecule has 88 valence electrons. The Labute approximate surface area is 102 Å². The van der Waals surface area contributed by atoms with Gasteiger partial charge in [-0.05, 0) is 19.1 Å². The molecule has 0 atom stereocenters. The van der Waals surface area contributed by atoms with Crippen molar-refractivity contribution in [3.63, 3.8) is 0 Å². The van der Waals surface area contributed by atoms with Crippen molar-refractivity contribution in [1.29, 1.82) is 0 Å². The maximum atomic E-state index is 8.58. The molecule has 6 nitrogen and oxygen atoms in total. The number of oxime groups is 1. The molecule has 2 heterocycles. The van der Waals surface area contributed by atoms with E-state index in [0.29, 0.717) is 22.2 Å². The van der Waals surface area contributed by atoms with Gasteiger partial charge in [-0.15, -0.1) is 0 Å². The fourth-order valence-corrected chi connectivity index (χ4v) is 1.43. The van der Waals surface area contributed by atoms with Gasteiger partial charge in [-0.3, -0.25) is 0 Å². The summed E-state index contributed by atoms with van der Waals surface area (Å²) >= 11 is 5.91. The van der Waals surface area contributed by atoms with Crippen LogP contribution in [0.15, 0.2) is 29.6 Å². The summed E-state index contributed by atoms with van der Waals surface area (Å²) in [6.45, 7) is 1.80. The summed E-state index contributed by atoms with van der Waals surface area (Å²) in [4.78, 5) is 4.19. The van der Waals surface area contributed by atoms with Gasteiger partial charge in [-0.2, -0.15) is 5.10 Å². The second kappa shape index (κ2) is 4.42. The van der Waals surface area contributed by atoms with Crippen LogP contribution in [0.2, 0.25) is 5.02 Å². The lowest BCUT2D eigenvalue weighted by Gasteiger charge is -2.02. The van der Waals surface area contributed by atoms with E-state index in [-0.39, 0.29) is 5.84 Å². The van der Waals surface area contributed by atoms with E-state index in [4.69, 9.17) is 22.5 Å². The average Bonchev–Trinajstić information content (AvgIpc) is 2.69. The molecule has 0 bridgehead atoms. The lowest BCUT2D eigenvalue weighted by atomic mass is 10.3. The van der Waals surface area contributed by atoms with Gasteiger partial charge in [0.1, 0.15) is 5.69 Å². The van der Waals surface area contributed by atoms with E-state index in [1.165, 1.54) is 4.68 Å². The van der Waals surface area contributed by atoms with E-state index < -0.39 is 0 Å². The Morgan fingerprint density at radius 3 is 2.88 bits per heavy atom. The minimum Gasteiger partial charge on any atom is -0.409 e. The van der Waals surface area contributed by atoms with Crippen LogP contribution < -0.4 is 5.73 Å². The number of halogens is 1. The molecular weight excluding hydrogens is 242 g/mol. The highest BCUT2D eigenvalue weighted by atomic mass is 35.5. The van der Waals surface area contributed by atoms with Gasteiger partial charge in [0.15, 0.2) is 11.7 Å². The fourth-order valence-electron chi connectivity index (χ4n) is 1.30. The average molecular weight is 252 g/mol. The normalized spacial score (nSPS) is 11.8. The molecule has 0 aliphatic heterocycles. The van der Waals surface area contributed by atoms with Crippen molar-refractivity contribution in [1.82, 2.24) is 14.8 Å². The van der Waals surface area contributed by atoms with Crippen LogP contribution in [0.1, 0.15) is 11.4 Å². The van der Waals surface area contributed by atoms with Crippen LogP contribution in [-0.2, 0) is 0 Å². The Hall–Kier alpha value is -2.08. The summed E-state index contributed by atoms with van der Waals surface area (Å²) in [6, 6.07) is 5.12. The zero-order valence-electron chi connectivity index (χ0n) is 9.00. The smallest absolute Gasteiger partial charge is 0.188 e. The van der Waals surface area contributed by atoms with Crippen molar-refractivity contribution in [2.24, 2.45) is 10.9 Å². The molecule has 17 heavy (non-hydrogen) atoms. The quantitative estimate of drug-likeness (QED) is 0.365. The Morgan fingerprint density at radius 1 is 1.53 bits per heavy atom. The van der Waals surface area contributed by atoms with Crippen molar-refractivity contribution >= 4 is 17.4 Å². The number of aryl methyl sites for hydroxylation is 1. The molecule has 0 saturated carbocycles. The van der Waals surface area contributed by atoms with Gasteiger partial charge < -0.3 is 10.9 Å². The van der Waals surface area contributed by atoms with Crippen molar-refractivity contribution in [3.05, 3.63) is 40.8 Å². The molecule has 0 radical (unpaired) electrons. The highest BCUT2D eigenvalue weighted by Gasteiger charge is 2.07. The van der Waals surface area contributed by atoms with Crippen LogP contribution in [0.25, 0.3) is 5.82 Å². The molecule has 0 saturated heterocycles. The zero-order valence-corrected chi connectivity index (χ0v) is 9.76.